The molecule has 0 aromatic carbocycles. The van der Waals surface area contributed by atoms with Crippen molar-refractivity contribution in [1.29, 1.82) is 0 Å². The minimum absolute atomic E-state index is 0.0448. The minimum Gasteiger partial charge on any atom is -0.372 e. The second-order valence-corrected chi connectivity index (χ2v) is 6.04. The van der Waals surface area contributed by atoms with Crippen molar-refractivity contribution in [3.8, 4) is 0 Å². The molecule has 1 saturated heterocycles. The van der Waals surface area contributed by atoms with Crippen molar-refractivity contribution in [3.63, 3.8) is 0 Å². The van der Waals surface area contributed by atoms with Gasteiger partial charge in [-0.05, 0) is 36.2 Å². The van der Waals surface area contributed by atoms with Crippen LogP contribution in [0.4, 0.5) is 5.82 Å². The molecule has 2 rings (SSSR count). The predicted molar refractivity (Wildman–Crippen MR) is 84.1 cm³/mol. The Kier molecular flexibility index (Phi) is 5.35. The van der Waals surface area contributed by atoms with E-state index in [9.17, 15) is 0 Å². The average Bonchev–Trinajstić information content (AvgIpc) is 2.47. The Labute approximate surface area is 129 Å². The fourth-order valence-electron chi connectivity index (χ4n) is 2.35. The summed E-state index contributed by atoms with van der Waals surface area (Å²) >= 11 is 3.56. The van der Waals surface area contributed by atoms with E-state index in [2.05, 4.69) is 56.9 Å². The van der Waals surface area contributed by atoms with Crippen molar-refractivity contribution in [2.75, 3.05) is 32.1 Å². The summed E-state index contributed by atoms with van der Waals surface area (Å²) in [4.78, 5) is 11.7. The molecular formula is C14H23BrN4O. The van der Waals surface area contributed by atoms with Gasteiger partial charge in [0.05, 0.1) is 16.8 Å². The fourth-order valence-corrected chi connectivity index (χ4v) is 3.01. The van der Waals surface area contributed by atoms with Gasteiger partial charge < -0.3 is 10.1 Å². The number of aryl methyl sites for hydroxylation is 1. The van der Waals surface area contributed by atoms with Gasteiger partial charge in [-0.3, -0.25) is 4.90 Å². The van der Waals surface area contributed by atoms with E-state index in [0.29, 0.717) is 6.04 Å². The summed E-state index contributed by atoms with van der Waals surface area (Å²) in [5.41, 5.74) is 1.02. The number of halogens is 1. The van der Waals surface area contributed by atoms with Gasteiger partial charge in [-0.25, -0.2) is 9.97 Å². The van der Waals surface area contributed by atoms with Gasteiger partial charge in [0.2, 0.25) is 0 Å². The molecule has 5 nitrogen and oxygen atoms in total. The van der Waals surface area contributed by atoms with E-state index in [4.69, 9.17) is 4.74 Å². The molecule has 6 heteroatoms. The second-order valence-electron chi connectivity index (χ2n) is 5.24. The molecule has 0 saturated carbocycles. The van der Waals surface area contributed by atoms with Crippen molar-refractivity contribution in [1.82, 2.24) is 14.9 Å². The van der Waals surface area contributed by atoms with Crippen LogP contribution < -0.4 is 5.32 Å². The molecule has 1 atom stereocenters. The molecule has 1 aliphatic rings. The number of aromatic nitrogens is 2. The van der Waals surface area contributed by atoms with E-state index in [-0.39, 0.29) is 6.10 Å². The van der Waals surface area contributed by atoms with Crippen LogP contribution in [0.3, 0.4) is 0 Å². The molecule has 1 fully saturated rings. The van der Waals surface area contributed by atoms with Crippen LogP contribution in [0.1, 0.15) is 38.4 Å². The third kappa shape index (κ3) is 3.30. The topological polar surface area (TPSA) is 50.3 Å². The van der Waals surface area contributed by atoms with Crippen LogP contribution in [0.25, 0.3) is 0 Å². The van der Waals surface area contributed by atoms with Crippen molar-refractivity contribution >= 4 is 21.7 Å². The van der Waals surface area contributed by atoms with Crippen molar-refractivity contribution in [2.24, 2.45) is 0 Å². The lowest BCUT2D eigenvalue weighted by molar-refractivity contribution is -0.0443. The summed E-state index contributed by atoms with van der Waals surface area (Å²) in [7, 11) is 1.87. The van der Waals surface area contributed by atoms with Gasteiger partial charge in [0.25, 0.3) is 0 Å². The number of nitrogens with zero attached hydrogens (tertiary/aromatic N) is 3. The number of rotatable bonds is 4. The molecule has 20 heavy (non-hydrogen) atoms. The van der Waals surface area contributed by atoms with E-state index < -0.39 is 0 Å². The molecule has 1 N–H and O–H groups in total. The Morgan fingerprint density at radius 3 is 2.80 bits per heavy atom. The summed E-state index contributed by atoms with van der Waals surface area (Å²) in [5.74, 6) is 1.61. The lowest BCUT2D eigenvalue weighted by Crippen LogP contribution is -2.42. The molecule has 0 spiro atoms. The van der Waals surface area contributed by atoms with E-state index in [1.165, 1.54) is 0 Å². The maximum atomic E-state index is 5.87. The molecule has 2 heterocycles. The number of ether oxygens (including phenoxy) is 1. The Morgan fingerprint density at radius 2 is 2.20 bits per heavy atom. The molecule has 0 aliphatic carbocycles. The van der Waals surface area contributed by atoms with Crippen LogP contribution in [-0.4, -0.2) is 47.7 Å². The molecule has 112 valence electrons. The zero-order valence-electron chi connectivity index (χ0n) is 12.6. The third-order valence-corrected chi connectivity index (χ3v) is 4.46. The predicted octanol–water partition coefficient (Wildman–Crippen LogP) is 2.62. The van der Waals surface area contributed by atoms with Crippen molar-refractivity contribution in [3.05, 3.63) is 16.0 Å². The van der Waals surface area contributed by atoms with E-state index in [0.717, 1.165) is 47.9 Å². The normalized spacial score (nSPS) is 20.4. The van der Waals surface area contributed by atoms with Crippen molar-refractivity contribution < 1.29 is 4.74 Å². The summed E-state index contributed by atoms with van der Waals surface area (Å²) in [5, 5.41) is 3.12. The summed E-state index contributed by atoms with van der Waals surface area (Å²) < 4.78 is 6.82. The van der Waals surface area contributed by atoms with Gasteiger partial charge in [0, 0.05) is 26.2 Å². The Morgan fingerprint density at radius 1 is 1.45 bits per heavy atom. The van der Waals surface area contributed by atoms with Gasteiger partial charge in [0.15, 0.2) is 5.82 Å². The monoisotopic (exact) mass is 342 g/mol. The average molecular weight is 343 g/mol. The molecule has 0 radical (unpaired) electrons. The molecule has 1 aromatic heterocycles. The largest absolute Gasteiger partial charge is 0.372 e. The highest BCUT2D eigenvalue weighted by Crippen LogP contribution is 2.28. The maximum absolute atomic E-state index is 5.87. The highest BCUT2D eigenvalue weighted by molar-refractivity contribution is 9.10. The van der Waals surface area contributed by atoms with Crippen LogP contribution in [0, 0.1) is 0 Å². The SMILES string of the molecule is CCc1nc(C2CN(C(C)C)CCO2)nc(NC)c1Br. The van der Waals surface area contributed by atoms with Crippen molar-refractivity contribution in [2.45, 2.75) is 39.3 Å². The molecule has 0 amide bonds. The van der Waals surface area contributed by atoms with E-state index in [1.807, 2.05) is 7.05 Å². The number of hydrogen-bond acceptors (Lipinski definition) is 5. The molecule has 1 aliphatic heterocycles. The van der Waals surface area contributed by atoms with E-state index >= 15 is 0 Å². The number of anilines is 1. The Bertz CT molecular complexity index is 441. The number of morpholine rings is 1. The quantitative estimate of drug-likeness (QED) is 0.911. The smallest absolute Gasteiger partial charge is 0.161 e. The molecule has 1 unspecified atom stereocenters. The number of hydrogen-bond donors (Lipinski definition) is 1. The zero-order chi connectivity index (χ0) is 14.7. The lowest BCUT2D eigenvalue weighted by Gasteiger charge is -2.35. The summed E-state index contributed by atoms with van der Waals surface area (Å²) in [6.07, 6.45) is 0.822. The Balaban J connectivity index is 2.27. The standard InChI is InChI=1S/C14H23BrN4O/c1-5-10-12(15)14(16-4)18-13(17-10)11-8-19(9(2)3)6-7-20-11/h9,11H,5-8H2,1-4H3,(H,16,17,18). The third-order valence-electron chi connectivity index (χ3n) is 3.62. The van der Waals surface area contributed by atoms with Gasteiger partial charge >= 0.3 is 0 Å². The first kappa shape index (κ1) is 15.7. The molecular weight excluding hydrogens is 320 g/mol. The Hall–Kier alpha value is -0.720. The van der Waals surface area contributed by atoms with Gasteiger partial charge in [-0.1, -0.05) is 6.92 Å². The first-order chi connectivity index (χ1) is 9.56. The van der Waals surface area contributed by atoms with Crippen LogP contribution >= 0.6 is 15.9 Å². The first-order valence-corrected chi connectivity index (χ1v) is 7.95. The van der Waals surface area contributed by atoms with Gasteiger partial charge in [0.1, 0.15) is 11.9 Å². The maximum Gasteiger partial charge on any atom is 0.161 e. The van der Waals surface area contributed by atoms with Crippen LogP contribution in [0.15, 0.2) is 4.47 Å². The second kappa shape index (κ2) is 6.83. The van der Waals surface area contributed by atoms with Gasteiger partial charge in [-0.2, -0.15) is 0 Å². The minimum atomic E-state index is -0.0448. The summed E-state index contributed by atoms with van der Waals surface area (Å²) in [6, 6.07) is 0.520. The summed E-state index contributed by atoms with van der Waals surface area (Å²) in [6.45, 7) is 9.08. The first-order valence-electron chi connectivity index (χ1n) is 7.16. The van der Waals surface area contributed by atoms with E-state index in [1.54, 1.807) is 0 Å². The lowest BCUT2D eigenvalue weighted by atomic mass is 10.2. The zero-order valence-corrected chi connectivity index (χ0v) is 14.2. The van der Waals surface area contributed by atoms with Crippen LogP contribution in [-0.2, 0) is 11.2 Å². The number of nitrogens with one attached hydrogen (secondary N) is 1. The fraction of sp³-hybridized carbons (Fsp3) is 0.714. The van der Waals surface area contributed by atoms with Crippen LogP contribution in [0.2, 0.25) is 0 Å². The molecule has 1 aromatic rings. The van der Waals surface area contributed by atoms with Crippen LogP contribution in [0.5, 0.6) is 0 Å². The van der Waals surface area contributed by atoms with Gasteiger partial charge in [-0.15, -0.1) is 0 Å². The highest BCUT2D eigenvalue weighted by Gasteiger charge is 2.26. The highest BCUT2D eigenvalue weighted by atomic mass is 79.9. The molecule has 0 bridgehead atoms.